The fourth-order valence-corrected chi connectivity index (χ4v) is 4.20. The number of pyridine rings is 1. The van der Waals surface area contributed by atoms with Gasteiger partial charge in [0.1, 0.15) is 11.5 Å². The highest BCUT2D eigenvalue weighted by Gasteiger charge is 2.19. The fraction of sp³-hybridized carbons (Fsp3) is 0.111. The predicted octanol–water partition coefficient (Wildman–Crippen LogP) is 7.30. The molecule has 37 heavy (non-hydrogen) atoms. The summed E-state index contributed by atoms with van der Waals surface area (Å²) in [6.45, 7) is 1.84. The standard InChI is InChI=1S/C27H17Cl2FN4O3/c1-14-21(9-16-3-5-19(35-2)12-23(16)32-14)27-34-33-24(37-27)10-17-4-6-22(29)26(25(17)30)36-20-8-15(13-31)7-18(28)11-20/h3-9,11-12H,10H2,1-2H3. The smallest absolute Gasteiger partial charge is 0.249 e. The summed E-state index contributed by atoms with van der Waals surface area (Å²) in [5.41, 5.74) is 2.65. The van der Waals surface area contributed by atoms with Crippen LogP contribution in [0.25, 0.3) is 22.4 Å². The normalized spacial score (nSPS) is 10.9. The van der Waals surface area contributed by atoms with Gasteiger partial charge in [-0.05, 0) is 49.4 Å². The largest absolute Gasteiger partial charge is 0.497 e. The molecular formula is C27H17Cl2FN4O3. The van der Waals surface area contributed by atoms with E-state index in [0.717, 1.165) is 10.9 Å². The van der Waals surface area contributed by atoms with Crippen LogP contribution in [0.1, 0.15) is 22.7 Å². The number of rotatable bonds is 6. The lowest BCUT2D eigenvalue weighted by Gasteiger charge is -2.12. The second-order valence-corrected chi connectivity index (χ2v) is 8.94. The predicted molar refractivity (Wildman–Crippen MR) is 137 cm³/mol. The minimum absolute atomic E-state index is 0.00259. The molecule has 10 heteroatoms. The van der Waals surface area contributed by atoms with Gasteiger partial charge in [-0.25, -0.2) is 4.39 Å². The van der Waals surface area contributed by atoms with Gasteiger partial charge in [0.15, 0.2) is 11.6 Å². The molecule has 0 bridgehead atoms. The Hall–Kier alpha value is -4.19. The van der Waals surface area contributed by atoms with Gasteiger partial charge in [-0.1, -0.05) is 29.3 Å². The summed E-state index contributed by atoms with van der Waals surface area (Å²) < 4.78 is 32.2. The molecule has 7 nitrogen and oxygen atoms in total. The SMILES string of the molecule is COc1ccc2cc(-c3nnc(Cc4ccc(Cl)c(Oc5cc(Cl)cc(C#N)c5)c4F)o3)c(C)nc2c1. The highest BCUT2D eigenvalue weighted by molar-refractivity contribution is 6.32. The number of aryl methyl sites for hydroxylation is 1. The van der Waals surface area contributed by atoms with E-state index in [1.54, 1.807) is 7.11 Å². The Kier molecular flexibility index (Phi) is 6.66. The van der Waals surface area contributed by atoms with Crippen LogP contribution >= 0.6 is 23.2 Å². The number of benzene rings is 3. The van der Waals surface area contributed by atoms with Crippen LogP contribution < -0.4 is 9.47 Å². The van der Waals surface area contributed by atoms with E-state index < -0.39 is 5.82 Å². The Morgan fingerprint density at radius 2 is 1.86 bits per heavy atom. The van der Waals surface area contributed by atoms with Crippen molar-refractivity contribution >= 4 is 34.1 Å². The maximum absolute atomic E-state index is 15.4. The topological polar surface area (TPSA) is 94.1 Å². The van der Waals surface area contributed by atoms with Gasteiger partial charge in [-0.2, -0.15) is 5.26 Å². The number of ether oxygens (including phenoxy) is 2. The third kappa shape index (κ3) is 5.05. The lowest BCUT2D eigenvalue weighted by Crippen LogP contribution is -1.98. The van der Waals surface area contributed by atoms with E-state index in [0.29, 0.717) is 17.0 Å². The number of hydrogen-bond donors (Lipinski definition) is 0. The summed E-state index contributed by atoms with van der Waals surface area (Å²) in [7, 11) is 1.60. The Bertz CT molecular complexity index is 1700. The molecule has 5 aromatic rings. The Labute approximate surface area is 221 Å². The van der Waals surface area contributed by atoms with Crippen molar-refractivity contribution in [1.29, 1.82) is 5.26 Å². The molecule has 0 atom stereocenters. The molecule has 184 valence electrons. The van der Waals surface area contributed by atoms with Gasteiger partial charge in [-0.15, -0.1) is 10.2 Å². The summed E-state index contributed by atoms with van der Waals surface area (Å²) in [4.78, 5) is 4.62. The highest BCUT2D eigenvalue weighted by atomic mass is 35.5. The summed E-state index contributed by atoms with van der Waals surface area (Å²) >= 11 is 12.2. The number of halogens is 3. The molecule has 0 aliphatic carbocycles. The van der Waals surface area contributed by atoms with E-state index in [1.165, 1.54) is 30.3 Å². The van der Waals surface area contributed by atoms with E-state index in [1.807, 2.05) is 37.3 Å². The zero-order valence-electron chi connectivity index (χ0n) is 19.6. The van der Waals surface area contributed by atoms with Crippen LogP contribution in [0.5, 0.6) is 17.2 Å². The van der Waals surface area contributed by atoms with Crippen LogP contribution in [-0.2, 0) is 6.42 Å². The molecule has 0 fully saturated rings. The quantitative estimate of drug-likeness (QED) is 0.225. The number of methoxy groups -OCH3 is 1. The van der Waals surface area contributed by atoms with Crippen LogP contribution in [0, 0.1) is 24.1 Å². The van der Waals surface area contributed by atoms with Gasteiger partial charge >= 0.3 is 0 Å². The molecule has 0 aliphatic rings. The molecule has 0 radical (unpaired) electrons. The minimum Gasteiger partial charge on any atom is -0.497 e. The fourth-order valence-electron chi connectivity index (χ4n) is 3.79. The molecule has 3 aromatic carbocycles. The Morgan fingerprint density at radius 1 is 1.03 bits per heavy atom. The summed E-state index contributed by atoms with van der Waals surface area (Å²) in [5, 5.41) is 18.6. The van der Waals surface area contributed by atoms with Crippen LogP contribution in [0.2, 0.25) is 10.0 Å². The maximum atomic E-state index is 15.4. The number of hydrogen-bond acceptors (Lipinski definition) is 7. The van der Waals surface area contributed by atoms with Crippen LogP contribution in [0.15, 0.2) is 59.0 Å². The van der Waals surface area contributed by atoms with Crippen molar-refractivity contribution in [3.05, 3.63) is 93.2 Å². The lowest BCUT2D eigenvalue weighted by molar-refractivity contribution is 0.415. The van der Waals surface area contributed by atoms with Crippen LogP contribution in [0.3, 0.4) is 0 Å². The van der Waals surface area contributed by atoms with Gasteiger partial charge < -0.3 is 13.9 Å². The molecule has 0 spiro atoms. The zero-order chi connectivity index (χ0) is 26.1. The Morgan fingerprint density at radius 3 is 2.65 bits per heavy atom. The van der Waals surface area contributed by atoms with Crippen molar-refractivity contribution in [1.82, 2.24) is 15.2 Å². The molecule has 2 aromatic heterocycles. The van der Waals surface area contributed by atoms with Crippen molar-refractivity contribution in [2.45, 2.75) is 13.3 Å². The molecule has 0 amide bonds. The molecule has 0 N–H and O–H groups in total. The second-order valence-electron chi connectivity index (χ2n) is 8.10. The average molecular weight is 535 g/mol. The van der Waals surface area contributed by atoms with Crippen molar-refractivity contribution < 1.29 is 18.3 Å². The number of fused-ring (bicyclic) bond motifs is 1. The van der Waals surface area contributed by atoms with Gasteiger partial charge in [0.2, 0.25) is 11.8 Å². The van der Waals surface area contributed by atoms with E-state index in [4.69, 9.17) is 42.4 Å². The first-order chi connectivity index (χ1) is 17.8. The average Bonchev–Trinajstić information content (AvgIpc) is 3.35. The number of aromatic nitrogens is 3. The maximum Gasteiger partial charge on any atom is 0.249 e. The summed E-state index contributed by atoms with van der Waals surface area (Å²) in [6, 6.07) is 16.9. The molecule has 5 rings (SSSR count). The Balaban J connectivity index is 1.43. The second kappa shape index (κ2) is 10.1. The molecule has 2 heterocycles. The third-order valence-electron chi connectivity index (χ3n) is 5.60. The molecule has 0 unspecified atom stereocenters. The van der Waals surface area contributed by atoms with Gasteiger partial charge in [0.25, 0.3) is 0 Å². The monoisotopic (exact) mass is 534 g/mol. The van der Waals surface area contributed by atoms with Crippen LogP contribution in [0.4, 0.5) is 4.39 Å². The van der Waals surface area contributed by atoms with Crippen molar-refractivity contribution in [2.75, 3.05) is 7.11 Å². The first kappa shape index (κ1) is 24.5. The van der Waals surface area contributed by atoms with Crippen LogP contribution in [-0.4, -0.2) is 22.3 Å². The van der Waals surface area contributed by atoms with E-state index in [-0.39, 0.29) is 50.9 Å². The molecule has 0 saturated carbocycles. The number of nitrogens with zero attached hydrogens (tertiary/aromatic N) is 4. The van der Waals surface area contributed by atoms with E-state index in [2.05, 4.69) is 15.2 Å². The van der Waals surface area contributed by atoms with E-state index >= 15 is 4.39 Å². The zero-order valence-corrected chi connectivity index (χ0v) is 21.1. The van der Waals surface area contributed by atoms with Gasteiger partial charge in [0.05, 0.1) is 47.0 Å². The van der Waals surface area contributed by atoms with E-state index in [9.17, 15) is 0 Å². The van der Waals surface area contributed by atoms with Gasteiger partial charge in [0, 0.05) is 22.0 Å². The first-order valence-electron chi connectivity index (χ1n) is 11.0. The highest BCUT2D eigenvalue weighted by Crippen LogP contribution is 2.36. The summed E-state index contributed by atoms with van der Waals surface area (Å²) in [5.74, 6) is 0.469. The van der Waals surface area contributed by atoms with Crippen molar-refractivity contribution in [3.8, 4) is 34.8 Å². The minimum atomic E-state index is -0.691. The molecular weight excluding hydrogens is 518 g/mol. The van der Waals surface area contributed by atoms with Crippen molar-refractivity contribution in [3.63, 3.8) is 0 Å². The molecule has 0 saturated heterocycles. The molecule has 0 aliphatic heterocycles. The van der Waals surface area contributed by atoms with Gasteiger partial charge in [-0.3, -0.25) is 4.98 Å². The lowest BCUT2D eigenvalue weighted by atomic mass is 10.1. The first-order valence-corrected chi connectivity index (χ1v) is 11.7. The third-order valence-corrected chi connectivity index (χ3v) is 6.12. The summed E-state index contributed by atoms with van der Waals surface area (Å²) in [6.07, 6.45) is 0.00259. The number of nitriles is 1. The van der Waals surface area contributed by atoms with Crippen molar-refractivity contribution in [2.24, 2.45) is 0 Å².